The van der Waals surface area contributed by atoms with Crippen molar-refractivity contribution in [2.75, 3.05) is 17.0 Å². The van der Waals surface area contributed by atoms with Gasteiger partial charge < -0.3 is 10.1 Å². The molecule has 5 rings (SSSR count). The van der Waals surface area contributed by atoms with E-state index in [4.69, 9.17) is 16.3 Å². The zero-order valence-electron chi connectivity index (χ0n) is 22.9. The van der Waals surface area contributed by atoms with Crippen LogP contribution in [0.15, 0.2) is 110 Å². The molecule has 1 aromatic heterocycles. The molecule has 0 spiro atoms. The Labute approximate surface area is 252 Å². The van der Waals surface area contributed by atoms with Crippen molar-refractivity contribution in [2.24, 2.45) is 0 Å². The van der Waals surface area contributed by atoms with Crippen molar-refractivity contribution in [3.05, 3.63) is 132 Å². The van der Waals surface area contributed by atoms with E-state index in [1.807, 2.05) is 30.3 Å². The summed E-state index contributed by atoms with van der Waals surface area (Å²) < 4.78 is 19.3. The molecule has 0 bridgehead atoms. The van der Waals surface area contributed by atoms with Gasteiger partial charge >= 0.3 is 0 Å². The zero-order chi connectivity index (χ0) is 30.0. The van der Waals surface area contributed by atoms with Crippen molar-refractivity contribution >= 4 is 51.8 Å². The summed E-state index contributed by atoms with van der Waals surface area (Å²) in [5.41, 5.74) is 6.48. The maximum atomic E-state index is 13.5. The summed E-state index contributed by atoms with van der Waals surface area (Å²) in [6.45, 7) is 0.263. The van der Waals surface area contributed by atoms with Gasteiger partial charge in [-0.05, 0) is 65.7 Å². The first-order valence-corrected chi connectivity index (χ1v) is 13.8. The van der Waals surface area contributed by atoms with Crippen LogP contribution in [0.25, 0.3) is 17.0 Å². The van der Waals surface area contributed by atoms with Crippen molar-refractivity contribution < 1.29 is 18.7 Å². The molecule has 0 aliphatic carbocycles. The smallest absolute Gasteiger partial charge is 0.247 e. The SMILES string of the molecule is O=C(C=Cc1ccccc1)NCCC(=O)N(Nc1ccc(OCc2cccc(F)c2)c(Cl)c1)c1ccc2ncncc2c1. The van der Waals surface area contributed by atoms with Crippen molar-refractivity contribution in [3.8, 4) is 5.75 Å². The number of hydrogen-bond donors (Lipinski definition) is 2. The highest BCUT2D eigenvalue weighted by atomic mass is 35.5. The second-order valence-electron chi connectivity index (χ2n) is 9.46. The molecule has 0 saturated carbocycles. The van der Waals surface area contributed by atoms with Gasteiger partial charge in [0, 0.05) is 30.6 Å². The third-order valence-electron chi connectivity index (χ3n) is 6.32. The highest BCUT2D eigenvalue weighted by Crippen LogP contribution is 2.30. The number of anilines is 2. The number of halogens is 2. The molecule has 4 aromatic carbocycles. The Bertz CT molecular complexity index is 1770. The van der Waals surface area contributed by atoms with Crippen molar-refractivity contribution in [1.82, 2.24) is 15.3 Å². The summed E-state index contributed by atoms with van der Waals surface area (Å²) in [6.07, 6.45) is 6.27. The monoisotopic (exact) mass is 595 g/mol. The highest BCUT2D eigenvalue weighted by molar-refractivity contribution is 6.32. The molecule has 0 radical (unpaired) electrons. The molecule has 2 amide bonds. The summed E-state index contributed by atoms with van der Waals surface area (Å²) in [6, 6.07) is 25.9. The number of fused-ring (bicyclic) bond motifs is 1. The van der Waals surface area contributed by atoms with Crippen LogP contribution in [0.5, 0.6) is 5.75 Å². The minimum absolute atomic E-state index is 0.0177. The summed E-state index contributed by atoms with van der Waals surface area (Å²) in [4.78, 5) is 34.1. The summed E-state index contributed by atoms with van der Waals surface area (Å²) >= 11 is 6.49. The maximum Gasteiger partial charge on any atom is 0.247 e. The molecule has 10 heteroatoms. The van der Waals surface area contributed by atoms with E-state index >= 15 is 0 Å². The molecule has 1 heterocycles. The fourth-order valence-corrected chi connectivity index (χ4v) is 4.42. The number of hydrazine groups is 1. The third-order valence-corrected chi connectivity index (χ3v) is 6.61. The Morgan fingerprint density at radius 1 is 0.977 bits per heavy atom. The molecule has 0 unspecified atom stereocenters. The maximum absolute atomic E-state index is 13.5. The predicted molar refractivity (Wildman–Crippen MR) is 166 cm³/mol. The lowest BCUT2D eigenvalue weighted by Crippen LogP contribution is -2.38. The van der Waals surface area contributed by atoms with Gasteiger partial charge in [-0.3, -0.25) is 15.0 Å². The van der Waals surface area contributed by atoms with Crippen LogP contribution in [-0.2, 0) is 16.2 Å². The number of carbonyl (C=O) groups is 2. The van der Waals surface area contributed by atoms with Gasteiger partial charge in [-0.1, -0.05) is 54.1 Å². The van der Waals surface area contributed by atoms with Gasteiger partial charge in [-0.25, -0.2) is 19.4 Å². The number of ether oxygens (including phenoxy) is 1. The Hall–Kier alpha value is -5.28. The van der Waals surface area contributed by atoms with Crippen LogP contribution in [0.3, 0.4) is 0 Å². The molecule has 8 nitrogen and oxygen atoms in total. The Morgan fingerprint density at radius 2 is 1.84 bits per heavy atom. The molecule has 2 N–H and O–H groups in total. The van der Waals surface area contributed by atoms with E-state index < -0.39 is 0 Å². The van der Waals surface area contributed by atoms with E-state index in [-0.39, 0.29) is 37.2 Å². The first-order chi connectivity index (χ1) is 20.9. The first kappa shape index (κ1) is 29.2. The van der Waals surface area contributed by atoms with E-state index in [0.717, 1.165) is 16.5 Å². The van der Waals surface area contributed by atoms with Crippen LogP contribution in [-0.4, -0.2) is 28.3 Å². The lowest BCUT2D eigenvalue weighted by molar-refractivity contribution is -0.118. The minimum Gasteiger partial charge on any atom is -0.487 e. The number of rotatable bonds is 11. The third kappa shape index (κ3) is 8.15. The number of nitrogens with zero attached hydrogens (tertiary/aromatic N) is 3. The van der Waals surface area contributed by atoms with Crippen molar-refractivity contribution in [1.29, 1.82) is 0 Å². The first-order valence-electron chi connectivity index (χ1n) is 13.4. The van der Waals surface area contributed by atoms with Gasteiger partial charge in [0.05, 0.1) is 21.9 Å². The molecular weight excluding hydrogens is 569 g/mol. The number of benzene rings is 4. The molecular formula is C33H27ClFN5O3. The van der Waals surface area contributed by atoms with Crippen LogP contribution < -0.4 is 20.5 Å². The predicted octanol–water partition coefficient (Wildman–Crippen LogP) is 6.58. The van der Waals surface area contributed by atoms with E-state index in [1.165, 1.54) is 29.5 Å². The van der Waals surface area contributed by atoms with Gasteiger partial charge in [0.1, 0.15) is 24.5 Å². The molecule has 0 aliphatic rings. The van der Waals surface area contributed by atoms with E-state index in [9.17, 15) is 14.0 Å². The van der Waals surface area contributed by atoms with E-state index in [1.54, 1.807) is 60.8 Å². The quantitative estimate of drug-likeness (QED) is 0.132. The second kappa shape index (κ2) is 14.1. The summed E-state index contributed by atoms with van der Waals surface area (Å²) in [5, 5.41) is 5.19. The topological polar surface area (TPSA) is 96.5 Å². The molecule has 0 atom stereocenters. The largest absolute Gasteiger partial charge is 0.487 e. The number of nitrogens with one attached hydrogen (secondary N) is 2. The van der Waals surface area contributed by atoms with Crippen molar-refractivity contribution in [3.63, 3.8) is 0 Å². The Morgan fingerprint density at radius 3 is 2.65 bits per heavy atom. The number of carbonyl (C=O) groups excluding carboxylic acids is 2. The van der Waals surface area contributed by atoms with Gasteiger partial charge in [-0.2, -0.15) is 0 Å². The van der Waals surface area contributed by atoms with E-state index in [2.05, 4.69) is 20.7 Å². The molecule has 216 valence electrons. The van der Waals surface area contributed by atoms with Gasteiger partial charge in [0.15, 0.2) is 0 Å². The Kier molecular flexibility index (Phi) is 9.56. The van der Waals surface area contributed by atoms with Gasteiger partial charge in [0.25, 0.3) is 0 Å². The molecule has 0 saturated heterocycles. The average Bonchev–Trinajstić information content (AvgIpc) is 3.02. The van der Waals surface area contributed by atoms with Crippen molar-refractivity contribution in [2.45, 2.75) is 13.0 Å². The van der Waals surface area contributed by atoms with Crippen LogP contribution in [0.2, 0.25) is 5.02 Å². The number of amides is 2. The van der Waals surface area contributed by atoms with E-state index in [0.29, 0.717) is 27.7 Å². The molecule has 0 fully saturated rings. The normalized spacial score (nSPS) is 10.9. The number of hydrogen-bond acceptors (Lipinski definition) is 6. The fraction of sp³-hybridized carbons (Fsp3) is 0.0909. The highest BCUT2D eigenvalue weighted by Gasteiger charge is 2.18. The standard InChI is InChI=1S/C33H27ClFN5O3/c34-29-19-27(10-13-31(29)43-21-24-7-4-8-26(35)17-24)39-40(28-11-12-30-25(18-28)20-36-22-38-30)33(42)15-16-37-32(41)14-9-23-5-2-1-3-6-23/h1-14,17-20,22,39H,15-16,21H2,(H,37,41). The molecule has 43 heavy (non-hydrogen) atoms. The fourth-order valence-electron chi connectivity index (χ4n) is 4.19. The minimum atomic E-state index is -0.347. The molecule has 5 aromatic rings. The van der Waals surface area contributed by atoms with Crippen LogP contribution >= 0.6 is 11.6 Å². The average molecular weight is 596 g/mol. The lowest BCUT2D eigenvalue weighted by atomic mass is 10.2. The lowest BCUT2D eigenvalue weighted by Gasteiger charge is -2.25. The Balaban J connectivity index is 1.28. The van der Waals surface area contributed by atoms with Crippen LogP contribution in [0.1, 0.15) is 17.5 Å². The molecule has 0 aliphatic heterocycles. The van der Waals surface area contributed by atoms with Gasteiger partial charge in [0.2, 0.25) is 11.8 Å². The summed E-state index contributed by atoms with van der Waals surface area (Å²) in [7, 11) is 0. The van der Waals surface area contributed by atoms with Gasteiger partial charge in [-0.15, -0.1) is 0 Å². The summed E-state index contributed by atoms with van der Waals surface area (Å²) in [5.74, 6) is -0.547. The van der Waals surface area contributed by atoms with Crippen LogP contribution in [0.4, 0.5) is 15.8 Å². The number of aromatic nitrogens is 2. The zero-order valence-corrected chi connectivity index (χ0v) is 23.7. The van der Waals surface area contributed by atoms with Crippen LogP contribution in [0, 0.1) is 5.82 Å². The second-order valence-corrected chi connectivity index (χ2v) is 9.86.